The van der Waals surface area contributed by atoms with Gasteiger partial charge in [-0.25, -0.2) is 0 Å². The van der Waals surface area contributed by atoms with Gasteiger partial charge >= 0.3 is 0 Å². The van der Waals surface area contributed by atoms with Crippen molar-refractivity contribution >= 4 is 0 Å². The zero-order chi connectivity index (χ0) is 21.1. The van der Waals surface area contributed by atoms with Gasteiger partial charge < -0.3 is 14.9 Å². The highest BCUT2D eigenvalue weighted by Crippen LogP contribution is 2.74. The predicted octanol–water partition coefficient (Wildman–Crippen LogP) is 5.86. The molecule has 3 nitrogen and oxygen atoms in total. The summed E-state index contributed by atoms with van der Waals surface area (Å²) in [4.78, 5) is 0. The van der Waals surface area contributed by atoms with Crippen molar-refractivity contribution in [3.8, 4) is 0 Å². The highest BCUT2D eigenvalue weighted by Gasteiger charge is 2.79. The summed E-state index contributed by atoms with van der Waals surface area (Å²) in [6.45, 7) is 7.33. The first-order valence-corrected chi connectivity index (χ1v) is 13.4. The molecule has 1 spiro atoms. The lowest BCUT2D eigenvalue weighted by Gasteiger charge is -2.60. The van der Waals surface area contributed by atoms with Crippen molar-refractivity contribution in [1.29, 1.82) is 0 Å². The van der Waals surface area contributed by atoms with Gasteiger partial charge in [0.1, 0.15) is 11.7 Å². The number of hydrogen-bond donors (Lipinski definition) is 2. The summed E-state index contributed by atoms with van der Waals surface area (Å²) >= 11 is 0. The third-order valence-electron chi connectivity index (χ3n) is 11.2. The van der Waals surface area contributed by atoms with Crippen LogP contribution in [0, 0.1) is 34.5 Å². The highest BCUT2D eigenvalue weighted by molar-refractivity contribution is 5.26. The van der Waals surface area contributed by atoms with Crippen LogP contribution in [0.1, 0.15) is 111 Å². The molecule has 0 aromatic carbocycles. The number of fused-ring (bicyclic) bond motifs is 4. The van der Waals surface area contributed by atoms with E-state index >= 15 is 0 Å². The van der Waals surface area contributed by atoms with Crippen LogP contribution in [0.4, 0.5) is 0 Å². The Labute approximate surface area is 184 Å². The van der Waals surface area contributed by atoms with E-state index in [1.807, 2.05) is 0 Å². The Balaban J connectivity index is 1.29. The Morgan fingerprint density at radius 1 is 0.867 bits per heavy atom. The van der Waals surface area contributed by atoms with Crippen LogP contribution in [0.25, 0.3) is 0 Å². The predicted molar refractivity (Wildman–Crippen MR) is 120 cm³/mol. The first-order chi connectivity index (χ1) is 14.4. The first kappa shape index (κ1) is 21.7. The molecule has 5 aliphatic rings. The molecule has 30 heavy (non-hydrogen) atoms. The van der Waals surface area contributed by atoms with Gasteiger partial charge in [-0.3, -0.25) is 0 Å². The molecule has 172 valence electrons. The maximum atomic E-state index is 11.5. The minimum absolute atomic E-state index is 0.0151. The van der Waals surface area contributed by atoms with E-state index in [2.05, 4.69) is 20.8 Å². The number of unbranched alkanes of at least 4 members (excludes halogenated alkanes) is 5. The molecule has 2 N–H and O–H groups in total. The second-order valence-electron chi connectivity index (χ2n) is 12.4. The normalized spacial score (nSPS) is 54.1. The van der Waals surface area contributed by atoms with E-state index in [0.29, 0.717) is 23.2 Å². The van der Waals surface area contributed by atoms with Crippen molar-refractivity contribution in [2.24, 2.45) is 34.5 Å². The van der Waals surface area contributed by atoms with Gasteiger partial charge in [-0.15, -0.1) is 0 Å². The van der Waals surface area contributed by atoms with Gasteiger partial charge in [0, 0.05) is 11.8 Å². The summed E-state index contributed by atoms with van der Waals surface area (Å²) in [6.07, 6.45) is 17.2. The SMILES string of the molecule is CCCCCCCCC1CCC2C3C(CC[C@]12C)[C@@]1(C)CC[C@H](O)C[C@]12O[C@@H]2[C@@H]3O. The Hall–Kier alpha value is -0.120. The molecule has 0 amide bonds. The van der Waals surface area contributed by atoms with E-state index in [-0.39, 0.29) is 29.3 Å². The third kappa shape index (κ3) is 3.00. The van der Waals surface area contributed by atoms with Gasteiger partial charge in [0.25, 0.3) is 0 Å². The topological polar surface area (TPSA) is 53.0 Å². The van der Waals surface area contributed by atoms with E-state index in [1.54, 1.807) is 0 Å². The Morgan fingerprint density at radius 2 is 1.63 bits per heavy atom. The number of ether oxygens (including phenoxy) is 1. The molecular weight excluding hydrogens is 372 g/mol. The molecule has 1 heterocycles. The standard InChI is InChI=1S/C27H46O3/c1-4-5-6-7-8-9-10-18-11-12-20-22-21(14-15-25(18,20)2)26(3)16-13-19(28)17-27(26)24(30-27)23(22)29/h18-24,28-29H,4-17H2,1-3H3/t18?,19-,20?,21?,22?,23+,24+,25+,26+,27+/m0/s1. The average Bonchev–Trinajstić information content (AvgIpc) is 3.35. The van der Waals surface area contributed by atoms with E-state index in [1.165, 1.54) is 70.6 Å². The first-order valence-electron chi connectivity index (χ1n) is 13.4. The van der Waals surface area contributed by atoms with Crippen LogP contribution in [0.5, 0.6) is 0 Å². The monoisotopic (exact) mass is 418 g/mol. The fourth-order valence-corrected chi connectivity index (χ4v) is 9.39. The van der Waals surface area contributed by atoms with Crippen LogP contribution >= 0.6 is 0 Å². The summed E-state index contributed by atoms with van der Waals surface area (Å²) < 4.78 is 6.36. The smallest absolute Gasteiger partial charge is 0.114 e. The molecule has 10 atom stereocenters. The van der Waals surface area contributed by atoms with Crippen molar-refractivity contribution in [2.75, 3.05) is 0 Å². The second kappa shape index (κ2) is 7.73. The van der Waals surface area contributed by atoms with Gasteiger partial charge in [-0.05, 0) is 74.0 Å². The maximum Gasteiger partial charge on any atom is 0.114 e. The molecule has 4 saturated carbocycles. The van der Waals surface area contributed by atoms with Gasteiger partial charge in [-0.1, -0.05) is 59.3 Å². The zero-order valence-corrected chi connectivity index (χ0v) is 19.7. The molecule has 0 aromatic heterocycles. The van der Waals surface area contributed by atoms with Crippen molar-refractivity contribution in [1.82, 2.24) is 0 Å². The Kier molecular flexibility index (Phi) is 5.60. The van der Waals surface area contributed by atoms with Gasteiger partial charge in [0.05, 0.1) is 12.2 Å². The molecule has 3 heteroatoms. The lowest BCUT2D eigenvalue weighted by atomic mass is 9.44. The Bertz CT molecular complexity index is 636. The van der Waals surface area contributed by atoms with Crippen molar-refractivity contribution < 1.29 is 14.9 Å². The van der Waals surface area contributed by atoms with Crippen LogP contribution in [-0.2, 0) is 4.74 Å². The van der Waals surface area contributed by atoms with Gasteiger partial charge in [0.15, 0.2) is 0 Å². The van der Waals surface area contributed by atoms with Crippen LogP contribution in [0.15, 0.2) is 0 Å². The molecule has 0 radical (unpaired) electrons. The largest absolute Gasteiger partial charge is 0.393 e. The minimum Gasteiger partial charge on any atom is -0.393 e. The van der Waals surface area contributed by atoms with E-state index in [0.717, 1.165) is 25.2 Å². The third-order valence-corrected chi connectivity index (χ3v) is 11.2. The zero-order valence-electron chi connectivity index (χ0n) is 19.7. The minimum atomic E-state index is -0.314. The molecule has 1 aliphatic heterocycles. The number of rotatable bonds is 7. The van der Waals surface area contributed by atoms with Crippen LogP contribution in [-0.4, -0.2) is 34.1 Å². The van der Waals surface area contributed by atoms with Crippen LogP contribution in [0.3, 0.4) is 0 Å². The molecule has 0 aromatic rings. The molecular formula is C27H46O3. The van der Waals surface area contributed by atoms with E-state index in [9.17, 15) is 10.2 Å². The van der Waals surface area contributed by atoms with Crippen molar-refractivity contribution in [2.45, 2.75) is 135 Å². The van der Waals surface area contributed by atoms with E-state index < -0.39 is 0 Å². The van der Waals surface area contributed by atoms with E-state index in [4.69, 9.17) is 4.74 Å². The number of aliphatic hydroxyl groups is 2. The summed E-state index contributed by atoms with van der Waals surface area (Å²) in [5, 5.41) is 21.8. The molecule has 0 bridgehead atoms. The lowest BCUT2D eigenvalue weighted by molar-refractivity contribution is -0.149. The summed E-state index contributed by atoms with van der Waals surface area (Å²) in [5.74, 6) is 2.51. The summed E-state index contributed by atoms with van der Waals surface area (Å²) in [7, 11) is 0. The molecule has 4 aliphatic carbocycles. The van der Waals surface area contributed by atoms with Crippen molar-refractivity contribution in [3.63, 3.8) is 0 Å². The fourth-order valence-electron chi connectivity index (χ4n) is 9.39. The van der Waals surface area contributed by atoms with Gasteiger partial charge in [-0.2, -0.15) is 0 Å². The molecule has 4 unspecified atom stereocenters. The van der Waals surface area contributed by atoms with Crippen LogP contribution in [0.2, 0.25) is 0 Å². The average molecular weight is 419 g/mol. The van der Waals surface area contributed by atoms with Crippen molar-refractivity contribution in [3.05, 3.63) is 0 Å². The maximum absolute atomic E-state index is 11.5. The van der Waals surface area contributed by atoms with Crippen LogP contribution < -0.4 is 0 Å². The summed E-state index contributed by atoms with van der Waals surface area (Å²) in [5.41, 5.74) is 0.347. The molecule has 5 rings (SSSR count). The Morgan fingerprint density at radius 3 is 2.43 bits per heavy atom. The molecule has 5 fully saturated rings. The number of aliphatic hydroxyl groups excluding tert-OH is 2. The number of hydrogen-bond acceptors (Lipinski definition) is 3. The number of epoxide rings is 1. The van der Waals surface area contributed by atoms with Gasteiger partial charge in [0.2, 0.25) is 0 Å². The summed E-state index contributed by atoms with van der Waals surface area (Å²) in [6, 6.07) is 0. The molecule has 1 saturated heterocycles. The quantitative estimate of drug-likeness (QED) is 0.402. The highest BCUT2D eigenvalue weighted by atomic mass is 16.6. The lowest BCUT2D eigenvalue weighted by Crippen LogP contribution is -2.63. The fraction of sp³-hybridized carbons (Fsp3) is 1.00. The second-order valence-corrected chi connectivity index (χ2v) is 12.4.